The molecule has 0 spiro atoms. The van der Waals surface area contributed by atoms with E-state index in [4.69, 9.17) is 4.74 Å². The first-order valence-electron chi connectivity index (χ1n) is 4.58. The minimum atomic E-state index is -0.511. The number of hydrogen-bond acceptors (Lipinski definition) is 2. The average molecular weight is 190 g/mol. The molecule has 0 aliphatic carbocycles. The summed E-state index contributed by atoms with van der Waals surface area (Å²) in [6, 6.07) is 9.43. The lowest BCUT2D eigenvalue weighted by atomic mass is 10.3. The second kappa shape index (κ2) is 6.06. The average Bonchev–Trinajstić information content (AvgIpc) is 2.25. The zero-order valence-corrected chi connectivity index (χ0v) is 8.23. The Kier molecular flexibility index (Phi) is 4.60. The summed E-state index contributed by atoms with van der Waals surface area (Å²) >= 11 is 0. The van der Waals surface area contributed by atoms with Gasteiger partial charge in [-0.1, -0.05) is 18.2 Å². The van der Waals surface area contributed by atoms with Crippen molar-refractivity contribution in [3.05, 3.63) is 30.3 Å². The van der Waals surface area contributed by atoms with Gasteiger partial charge in [-0.05, 0) is 19.1 Å². The van der Waals surface area contributed by atoms with Gasteiger partial charge >= 0.3 is 0 Å². The number of aliphatic hydroxyl groups excluding tert-OH is 1. The van der Waals surface area contributed by atoms with Crippen LogP contribution in [0.1, 0.15) is 13.3 Å². The van der Waals surface area contributed by atoms with Gasteiger partial charge in [-0.15, -0.1) is 11.8 Å². The van der Waals surface area contributed by atoms with Crippen LogP contribution in [0.5, 0.6) is 5.75 Å². The van der Waals surface area contributed by atoms with Crippen molar-refractivity contribution in [2.75, 3.05) is 6.61 Å². The summed E-state index contributed by atoms with van der Waals surface area (Å²) in [4.78, 5) is 0. The Bertz CT molecular complexity index is 308. The molecule has 0 heterocycles. The third-order valence-electron chi connectivity index (χ3n) is 1.70. The number of aliphatic hydroxyl groups is 1. The summed E-state index contributed by atoms with van der Waals surface area (Å²) in [5, 5.41) is 9.41. The fourth-order valence-corrected chi connectivity index (χ4v) is 0.988. The highest BCUT2D eigenvalue weighted by Gasteiger charge is 2.02. The predicted octanol–water partition coefficient (Wildman–Crippen LogP) is 1.84. The van der Waals surface area contributed by atoms with E-state index in [9.17, 15) is 5.11 Å². The first-order chi connectivity index (χ1) is 6.83. The molecular weight excluding hydrogens is 176 g/mol. The van der Waals surface area contributed by atoms with Crippen molar-refractivity contribution < 1.29 is 9.84 Å². The van der Waals surface area contributed by atoms with Gasteiger partial charge < -0.3 is 9.84 Å². The zero-order valence-electron chi connectivity index (χ0n) is 8.23. The van der Waals surface area contributed by atoms with E-state index in [2.05, 4.69) is 11.8 Å². The minimum absolute atomic E-state index is 0.290. The van der Waals surface area contributed by atoms with Crippen molar-refractivity contribution in [2.24, 2.45) is 0 Å². The third-order valence-corrected chi connectivity index (χ3v) is 1.70. The highest BCUT2D eigenvalue weighted by atomic mass is 16.5. The summed E-state index contributed by atoms with van der Waals surface area (Å²) in [6.07, 6.45) is -0.0498. The lowest BCUT2D eigenvalue weighted by Gasteiger charge is -2.09. The van der Waals surface area contributed by atoms with Crippen LogP contribution in [0.25, 0.3) is 0 Å². The molecule has 0 saturated carbocycles. The fraction of sp³-hybridized carbons (Fsp3) is 0.333. The second-order valence-electron chi connectivity index (χ2n) is 2.91. The van der Waals surface area contributed by atoms with E-state index in [1.807, 2.05) is 30.3 Å². The third kappa shape index (κ3) is 3.97. The summed E-state index contributed by atoms with van der Waals surface area (Å²) in [6.45, 7) is 2.05. The van der Waals surface area contributed by atoms with E-state index in [1.165, 1.54) is 0 Å². The SMILES string of the molecule is CC#CCC(O)COc1ccccc1. The predicted molar refractivity (Wildman–Crippen MR) is 56.0 cm³/mol. The highest BCUT2D eigenvalue weighted by Crippen LogP contribution is 2.08. The molecule has 1 aromatic carbocycles. The molecule has 1 N–H and O–H groups in total. The first kappa shape index (κ1) is 10.6. The van der Waals surface area contributed by atoms with E-state index in [0.29, 0.717) is 13.0 Å². The maximum atomic E-state index is 9.41. The Hall–Kier alpha value is -1.46. The largest absolute Gasteiger partial charge is 0.491 e. The molecule has 2 heteroatoms. The fourth-order valence-electron chi connectivity index (χ4n) is 0.988. The van der Waals surface area contributed by atoms with Crippen LogP contribution < -0.4 is 4.74 Å². The molecular formula is C12H14O2. The maximum absolute atomic E-state index is 9.41. The van der Waals surface area contributed by atoms with Crippen LogP contribution in [-0.2, 0) is 0 Å². The number of benzene rings is 1. The van der Waals surface area contributed by atoms with E-state index >= 15 is 0 Å². The van der Waals surface area contributed by atoms with E-state index in [-0.39, 0.29) is 0 Å². The monoisotopic (exact) mass is 190 g/mol. The Morgan fingerprint density at radius 1 is 1.36 bits per heavy atom. The number of ether oxygens (including phenoxy) is 1. The molecule has 0 amide bonds. The molecule has 0 aliphatic rings. The number of para-hydroxylation sites is 1. The van der Waals surface area contributed by atoms with Crippen LogP contribution in [-0.4, -0.2) is 17.8 Å². The molecule has 1 aromatic rings. The molecule has 14 heavy (non-hydrogen) atoms. The summed E-state index contributed by atoms with van der Waals surface area (Å²) in [5.74, 6) is 6.31. The summed E-state index contributed by atoms with van der Waals surface area (Å²) < 4.78 is 5.35. The first-order valence-corrected chi connectivity index (χ1v) is 4.58. The molecule has 2 nitrogen and oxygen atoms in total. The molecule has 0 bridgehead atoms. The zero-order chi connectivity index (χ0) is 10.2. The van der Waals surface area contributed by atoms with Gasteiger partial charge in [-0.2, -0.15) is 0 Å². The van der Waals surface area contributed by atoms with Gasteiger partial charge in [0.25, 0.3) is 0 Å². The molecule has 0 fully saturated rings. The van der Waals surface area contributed by atoms with E-state index in [0.717, 1.165) is 5.75 Å². The highest BCUT2D eigenvalue weighted by molar-refractivity contribution is 5.20. The Morgan fingerprint density at radius 3 is 2.71 bits per heavy atom. The normalized spacial score (nSPS) is 11.3. The van der Waals surface area contributed by atoms with Crippen molar-refractivity contribution >= 4 is 0 Å². The van der Waals surface area contributed by atoms with Crippen LogP contribution in [0.2, 0.25) is 0 Å². The maximum Gasteiger partial charge on any atom is 0.119 e. The van der Waals surface area contributed by atoms with Gasteiger partial charge in [0.15, 0.2) is 0 Å². The van der Waals surface area contributed by atoms with Crippen LogP contribution in [0, 0.1) is 11.8 Å². The molecule has 74 valence electrons. The molecule has 0 radical (unpaired) electrons. The van der Waals surface area contributed by atoms with E-state index < -0.39 is 6.10 Å². The number of hydrogen-bond donors (Lipinski definition) is 1. The van der Waals surface area contributed by atoms with Gasteiger partial charge in [-0.25, -0.2) is 0 Å². The lowest BCUT2D eigenvalue weighted by Crippen LogP contribution is -2.16. The smallest absolute Gasteiger partial charge is 0.119 e. The molecule has 0 saturated heterocycles. The van der Waals surface area contributed by atoms with Crippen molar-refractivity contribution in [2.45, 2.75) is 19.4 Å². The molecule has 0 aliphatic heterocycles. The Morgan fingerprint density at radius 2 is 2.07 bits per heavy atom. The molecule has 1 unspecified atom stereocenters. The summed E-state index contributed by atoms with van der Waals surface area (Å²) in [5.41, 5.74) is 0. The van der Waals surface area contributed by atoms with Gasteiger partial charge in [0.05, 0.1) is 6.10 Å². The standard InChI is InChI=1S/C12H14O2/c1-2-3-7-11(13)10-14-12-8-5-4-6-9-12/h4-6,8-9,11,13H,7,10H2,1H3. The molecule has 1 rings (SSSR count). The van der Waals surface area contributed by atoms with Crippen LogP contribution in [0.15, 0.2) is 30.3 Å². The lowest BCUT2D eigenvalue weighted by molar-refractivity contribution is 0.111. The second-order valence-corrected chi connectivity index (χ2v) is 2.91. The van der Waals surface area contributed by atoms with Crippen LogP contribution in [0.4, 0.5) is 0 Å². The van der Waals surface area contributed by atoms with Crippen molar-refractivity contribution in [3.63, 3.8) is 0 Å². The van der Waals surface area contributed by atoms with Gasteiger partial charge in [0.2, 0.25) is 0 Å². The van der Waals surface area contributed by atoms with Gasteiger partial charge in [0.1, 0.15) is 12.4 Å². The van der Waals surface area contributed by atoms with Gasteiger partial charge in [0, 0.05) is 6.42 Å². The van der Waals surface area contributed by atoms with Crippen LogP contribution >= 0.6 is 0 Å². The van der Waals surface area contributed by atoms with E-state index in [1.54, 1.807) is 6.92 Å². The number of rotatable bonds is 4. The molecule has 0 aromatic heterocycles. The van der Waals surface area contributed by atoms with Gasteiger partial charge in [-0.3, -0.25) is 0 Å². The molecule has 1 atom stereocenters. The summed E-state index contributed by atoms with van der Waals surface area (Å²) in [7, 11) is 0. The van der Waals surface area contributed by atoms with Crippen molar-refractivity contribution in [1.29, 1.82) is 0 Å². The van der Waals surface area contributed by atoms with Crippen molar-refractivity contribution in [1.82, 2.24) is 0 Å². The topological polar surface area (TPSA) is 29.5 Å². The quantitative estimate of drug-likeness (QED) is 0.734. The van der Waals surface area contributed by atoms with Crippen LogP contribution in [0.3, 0.4) is 0 Å². The Labute approximate surface area is 84.5 Å². The Balaban J connectivity index is 2.29. The van der Waals surface area contributed by atoms with Crippen molar-refractivity contribution in [3.8, 4) is 17.6 Å². The minimum Gasteiger partial charge on any atom is -0.491 e.